The van der Waals surface area contributed by atoms with Gasteiger partial charge in [-0.15, -0.1) is 12.4 Å². The summed E-state index contributed by atoms with van der Waals surface area (Å²) in [6.45, 7) is 3.68. The van der Waals surface area contributed by atoms with Crippen LogP contribution in [0.1, 0.15) is 20.3 Å². The lowest BCUT2D eigenvalue weighted by atomic mass is 10.2. The molecule has 0 fully saturated rings. The number of aliphatic carboxylic acids is 1. The van der Waals surface area contributed by atoms with Gasteiger partial charge in [0.2, 0.25) is 15.9 Å². The highest BCUT2D eigenvalue weighted by Crippen LogP contribution is 2.15. The van der Waals surface area contributed by atoms with E-state index in [1.165, 1.54) is 29.2 Å². The third-order valence-corrected chi connectivity index (χ3v) is 4.12. The van der Waals surface area contributed by atoms with Crippen LogP contribution in [0.2, 0.25) is 0 Å². The quantitative estimate of drug-likeness (QED) is 0.614. The van der Waals surface area contributed by atoms with E-state index in [9.17, 15) is 18.0 Å². The maximum atomic E-state index is 12.2. The van der Waals surface area contributed by atoms with Crippen LogP contribution in [0.4, 0.5) is 5.69 Å². The smallest absolute Gasteiger partial charge is 0.317 e. The van der Waals surface area contributed by atoms with Gasteiger partial charge < -0.3 is 10.4 Å². The Morgan fingerprint density at radius 1 is 1.38 bits per heavy atom. The largest absolute Gasteiger partial charge is 0.480 e. The van der Waals surface area contributed by atoms with Gasteiger partial charge in [0.05, 0.1) is 17.5 Å². The molecule has 0 saturated heterocycles. The van der Waals surface area contributed by atoms with Crippen molar-refractivity contribution in [1.82, 2.24) is 4.90 Å². The van der Waals surface area contributed by atoms with Gasteiger partial charge in [-0.1, -0.05) is 13.0 Å². The van der Waals surface area contributed by atoms with E-state index in [1.807, 2.05) is 6.92 Å². The predicted molar refractivity (Wildman–Crippen MR) is 92.7 cm³/mol. The number of benzene rings is 1. The highest BCUT2D eigenvalue weighted by molar-refractivity contribution is 7.89. The summed E-state index contributed by atoms with van der Waals surface area (Å²) in [5.41, 5.74) is 0.278. The zero-order chi connectivity index (χ0) is 17.6. The lowest BCUT2D eigenvalue weighted by Gasteiger charge is -2.26. The molecule has 0 aliphatic heterocycles. The van der Waals surface area contributed by atoms with Crippen LogP contribution in [0.3, 0.4) is 0 Å². The van der Waals surface area contributed by atoms with Crippen LogP contribution in [0.5, 0.6) is 0 Å². The number of carbonyl (C=O) groups excluding carboxylic acids is 1. The normalized spacial score (nSPS) is 12.3. The summed E-state index contributed by atoms with van der Waals surface area (Å²) in [6, 6.07) is 4.88. The summed E-state index contributed by atoms with van der Waals surface area (Å²) < 4.78 is 22.6. The maximum absolute atomic E-state index is 12.2. The average molecular weight is 380 g/mol. The van der Waals surface area contributed by atoms with E-state index >= 15 is 0 Å². The summed E-state index contributed by atoms with van der Waals surface area (Å²) in [5.74, 6) is -1.44. The molecule has 0 saturated carbocycles. The summed E-state index contributed by atoms with van der Waals surface area (Å²) >= 11 is 0. The van der Waals surface area contributed by atoms with Crippen LogP contribution in [0.25, 0.3) is 0 Å². The molecule has 136 valence electrons. The van der Waals surface area contributed by atoms with Crippen molar-refractivity contribution in [1.29, 1.82) is 0 Å². The molecule has 1 amide bonds. The number of halogens is 1. The third-order valence-electron chi connectivity index (χ3n) is 3.21. The number of carboxylic acid groups (broad SMARTS) is 1. The van der Waals surface area contributed by atoms with E-state index in [2.05, 4.69) is 5.32 Å². The van der Waals surface area contributed by atoms with E-state index in [0.29, 0.717) is 13.0 Å². The van der Waals surface area contributed by atoms with Crippen LogP contribution in [-0.4, -0.2) is 49.4 Å². The van der Waals surface area contributed by atoms with Gasteiger partial charge in [0.15, 0.2) is 0 Å². The number of primary sulfonamides is 1. The van der Waals surface area contributed by atoms with Gasteiger partial charge in [0, 0.05) is 5.69 Å². The van der Waals surface area contributed by atoms with E-state index in [4.69, 9.17) is 10.2 Å². The fourth-order valence-electron chi connectivity index (χ4n) is 2.03. The molecule has 24 heavy (non-hydrogen) atoms. The number of nitrogens with two attached hydrogens (primary N) is 1. The zero-order valence-electron chi connectivity index (χ0n) is 13.4. The first kappa shape index (κ1) is 22.3. The van der Waals surface area contributed by atoms with Crippen molar-refractivity contribution in [3.8, 4) is 0 Å². The molecule has 1 unspecified atom stereocenters. The minimum absolute atomic E-state index is 0. The number of amides is 1. The topological polar surface area (TPSA) is 130 Å². The summed E-state index contributed by atoms with van der Waals surface area (Å²) in [7, 11) is -3.86. The Labute approximate surface area is 147 Å². The molecule has 0 aliphatic rings. The number of nitrogens with zero attached hydrogens (tertiary/aromatic N) is 1. The van der Waals surface area contributed by atoms with Gasteiger partial charge in [-0.3, -0.25) is 14.5 Å². The minimum atomic E-state index is -3.86. The zero-order valence-corrected chi connectivity index (χ0v) is 15.1. The van der Waals surface area contributed by atoms with E-state index in [0.717, 1.165) is 0 Å². The second-order valence-corrected chi connectivity index (χ2v) is 6.66. The molecule has 0 bridgehead atoms. The van der Waals surface area contributed by atoms with Gasteiger partial charge in [-0.05, 0) is 38.1 Å². The van der Waals surface area contributed by atoms with Crippen LogP contribution in [0.15, 0.2) is 29.2 Å². The van der Waals surface area contributed by atoms with Crippen molar-refractivity contribution in [2.75, 3.05) is 18.4 Å². The fourth-order valence-corrected chi connectivity index (χ4v) is 2.59. The lowest BCUT2D eigenvalue weighted by Crippen LogP contribution is -2.44. The van der Waals surface area contributed by atoms with Crippen molar-refractivity contribution >= 4 is 40.0 Å². The summed E-state index contributed by atoms with van der Waals surface area (Å²) in [4.78, 5) is 24.5. The van der Waals surface area contributed by atoms with Gasteiger partial charge >= 0.3 is 5.97 Å². The summed E-state index contributed by atoms with van der Waals surface area (Å²) in [6.07, 6.45) is 0.700. The van der Waals surface area contributed by atoms with Gasteiger partial charge in [-0.2, -0.15) is 0 Å². The van der Waals surface area contributed by atoms with E-state index in [1.54, 1.807) is 6.92 Å². The van der Waals surface area contributed by atoms with Crippen molar-refractivity contribution in [2.45, 2.75) is 31.2 Å². The van der Waals surface area contributed by atoms with Crippen LogP contribution >= 0.6 is 12.4 Å². The van der Waals surface area contributed by atoms with Crippen LogP contribution in [-0.2, 0) is 19.6 Å². The molecular weight excluding hydrogens is 358 g/mol. The highest BCUT2D eigenvalue weighted by atomic mass is 35.5. The van der Waals surface area contributed by atoms with Crippen molar-refractivity contribution in [2.24, 2.45) is 5.14 Å². The number of carboxylic acids is 1. The second-order valence-electron chi connectivity index (χ2n) is 5.10. The molecule has 4 N–H and O–H groups in total. The number of rotatable bonds is 8. The maximum Gasteiger partial charge on any atom is 0.317 e. The first-order valence-electron chi connectivity index (χ1n) is 7.04. The Hall–Kier alpha value is -1.68. The SMILES string of the molecule is CCCN(CC(=O)O)C(C)C(=O)Nc1cccc(S(N)(=O)=O)c1.Cl. The Balaban J connectivity index is 0.00000529. The van der Waals surface area contributed by atoms with Gasteiger partial charge in [-0.25, -0.2) is 13.6 Å². The van der Waals surface area contributed by atoms with Crippen LogP contribution < -0.4 is 10.5 Å². The Morgan fingerprint density at radius 3 is 2.50 bits per heavy atom. The predicted octanol–water partition coefficient (Wildman–Crippen LogP) is 0.879. The van der Waals surface area contributed by atoms with Crippen molar-refractivity contribution in [3.63, 3.8) is 0 Å². The fraction of sp³-hybridized carbons (Fsp3) is 0.429. The molecule has 0 aliphatic carbocycles. The van der Waals surface area contributed by atoms with E-state index in [-0.39, 0.29) is 29.5 Å². The molecule has 1 aromatic rings. The number of nitrogens with one attached hydrogen (secondary N) is 1. The first-order chi connectivity index (χ1) is 10.6. The molecule has 0 spiro atoms. The minimum Gasteiger partial charge on any atom is -0.480 e. The summed E-state index contributed by atoms with van der Waals surface area (Å²) in [5, 5.41) is 16.5. The van der Waals surface area contributed by atoms with Crippen LogP contribution in [0, 0.1) is 0 Å². The lowest BCUT2D eigenvalue weighted by molar-refractivity contribution is -0.139. The number of anilines is 1. The standard InChI is InChI=1S/C14H21N3O5S.ClH/c1-3-7-17(9-13(18)19)10(2)14(20)16-11-5-4-6-12(8-11)23(15,21)22;/h4-6,8,10H,3,7,9H2,1-2H3,(H,16,20)(H,18,19)(H2,15,21,22);1H. The molecule has 0 aromatic heterocycles. The molecule has 0 radical (unpaired) electrons. The molecule has 0 heterocycles. The number of hydrogen-bond donors (Lipinski definition) is 3. The molecule has 8 nitrogen and oxygen atoms in total. The molecule has 10 heteroatoms. The molecule has 1 atom stereocenters. The van der Waals surface area contributed by atoms with Crippen molar-refractivity contribution < 1.29 is 23.1 Å². The Bertz CT molecular complexity index is 681. The van der Waals surface area contributed by atoms with Crippen molar-refractivity contribution in [3.05, 3.63) is 24.3 Å². The Morgan fingerprint density at radius 2 is 2.00 bits per heavy atom. The van der Waals surface area contributed by atoms with Gasteiger partial charge in [0.1, 0.15) is 0 Å². The Kier molecular flexibility index (Phi) is 8.91. The monoisotopic (exact) mass is 379 g/mol. The second kappa shape index (κ2) is 9.58. The molecule has 1 aromatic carbocycles. The average Bonchev–Trinajstić information content (AvgIpc) is 2.45. The first-order valence-corrected chi connectivity index (χ1v) is 8.59. The van der Waals surface area contributed by atoms with E-state index < -0.39 is 27.9 Å². The number of sulfonamides is 1. The number of carbonyl (C=O) groups is 2. The molecule has 1 rings (SSSR count). The number of hydrogen-bond acceptors (Lipinski definition) is 5. The third kappa shape index (κ3) is 6.83. The molecular formula is C14H22ClN3O5S. The highest BCUT2D eigenvalue weighted by Gasteiger charge is 2.23. The van der Waals surface area contributed by atoms with Gasteiger partial charge in [0.25, 0.3) is 0 Å².